The highest BCUT2D eigenvalue weighted by molar-refractivity contribution is 5.69. The third kappa shape index (κ3) is 10.1. The van der Waals surface area contributed by atoms with Crippen LogP contribution in [0.15, 0.2) is 24.3 Å². The van der Waals surface area contributed by atoms with Crippen LogP contribution in [0.4, 0.5) is 0 Å². The number of benzene rings is 1. The quantitative estimate of drug-likeness (QED) is 0.305. The topological polar surface area (TPSA) is 38.8 Å². The van der Waals surface area contributed by atoms with Gasteiger partial charge in [-0.05, 0) is 57.7 Å². The molecule has 0 N–H and O–H groups in total. The second-order valence-corrected chi connectivity index (χ2v) is 9.61. The van der Waals surface area contributed by atoms with Crippen LogP contribution < -0.4 is 0 Å². The summed E-state index contributed by atoms with van der Waals surface area (Å²) in [5.41, 5.74) is 2.29. The molecule has 0 spiro atoms. The maximum absolute atomic E-state index is 11.9. The standard InChI is InChI=1S/C26H43NO3/c1-5-6-7-8-9-10-12-22-14-16-23(17-15-22)24-21-27(19-20-29-24)18-11-13-25(28)30-26(2,3)4/h14-17,24H,5-13,18-21H2,1-4H3. The molecule has 1 unspecified atom stereocenters. The largest absolute Gasteiger partial charge is 0.460 e. The summed E-state index contributed by atoms with van der Waals surface area (Å²) in [4.78, 5) is 14.3. The summed E-state index contributed by atoms with van der Waals surface area (Å²) in [5, 5.41) is 0. The van der Waals surface area contributed by atoms with Gasteiger partial charge >= 0.3 is 5.97 Å². The lowest BCUT2D eigenvalue weighted by Crippen LogP contribution is -2.39. The van der Waals surface area contributed by atoms with Crippen molar-refractivity contribution in [2.45, 2.75) is 97.2 Å². The molecular formula is C26H43NO3. The Labute approximate surface area is 184 Å². The number of hydrogen-bond donors (Lipinski definition) is 0. The molecule has 1 aromatic rings. The predicted octanol–water partition coefficient (Wildman–Crippen LogP) is 6.08. The van der Waals surface area contributed by atoms with E-state index in [0.29, 0.717) is 6.42 Å². The van der Waals surface area contributed by atoms with Crippen molar-refractivity contribution in [1.29, 1.82) is 0 Å². The van der Waals surface area contributed by atoms with E-state index in [1.54, 1.807) is 0 Å². The number of esters is 1. The zero-order valence-electron chi connectivity index (χ0n) is 19.8. The smallest absolute Gasteiger partial charge is 0.306 e. The van der Waals surface area contributed by atoms with Gasteiger partial charge in [-0.2, -0.15) is 0 Å². The molecule has 1 aromatic carbocycles. The summed E-state index contributed by atoms with van der Waals surface area (Å²) in [6, 6.07) is 9.01. The summed E-state index contributed by atoms with van der Waals surface area (Å²) >= 11 is 0. The molecule has 0 amide bonds. The van der Waals surface area contributed by atoms with Crippen molar-refractivity contribution >= 4 is 5.97 Å². The van der Waals surface area contributed by atoms with Gasteiger partial charge in [-0.1, -0.05) is 63.3 Å². The number of nitrogens with zero attached hydrogens (tertiary/aromatic N) is 1. The van der Waals surface area contributed by atoms with Crippen molar-refractivity contribution in [3.05, 3.63) is 35.4 Å². The number of unbranched alkanes of at least 4 members (excludes halogenated alkanes) is 5. The van der Waals surface area contributed by atoms with Crippen molar-refractivity contribution in [1.82, 2.24) is 4.90 Å². The monoisotopic (exact) mass is 417 g/mol. The van der Waals surface area contributed by atoms with Crippen LogP contribution in [-0.4, -0.2) is 42.7 Å². The molecule has 1 heterocycles. The average molecular weight is 418 g/mol. The van der Waals surface area contributed by atoms with Gasteiger partial charge in [-0.3, -0.25) is 9.69 Å². The van der Waals surface area contributed by atoms with Crippen LogP contribution in [0.5, 0.6) is 0 Å². The first kappa shape index (κ1) is 24.9. The molecule has 170 valence electrons. The highest BCUT2D eigenvalue weighted by atomic mass is 16.6. The first-order chi connectivity index (χ1) is 14.4. The Hall–Kier alpha value is -1.39. The first-order valence-electron chi connectivity index (χ1n) is 12.0. The SMILES string of the molecule is CCCCCCCCc1ccc(C2CN(CCCC(=O)OC(C)(C)C)CCO2)cc1. The highest BCUT2D eigenvalue weighted by Gasteiger charge is 2.22. The van der Waals surface area contributed by atoms with Crippen molar-refractivity contribution in [3.63, 3.8) is 0 Å². The second-order valence-electron chi connectivity index (χ2n) is 9.61. The fourth-order valence-electron chi connectivity index (χ4n) is 3.96. The summed E-state index contributed by atoms with van der Waals surface area (Å²) in [5.74, 6) is -0.103. The molecule has 4 heteroatoms. The number of carbonyl (C=O) groups excluding carboxylic acids is 1. The minimum Gasteiger partial charge on any atom is -0.460 e. The molecular weight excluding hydrogens is 374 g/mol. The van der Waals surface area contributed by atoms with Gasteiger partial charge in [0, 0.05) is 19.5 Å². The van der Waals surface area contributed by atoms with Gasteiger partial charge in [0.2, 0.25) is 0 Å². The molecule has 1 atom stereocenters. The molecule has 1 aliphatic heterocycles. The van der Waals surface area contributed by atoms with E-state index in [-0.39, 0.29) is 12.1 Å². The van der Waals surface area contributed by atoms with E-state index in [0.717, 1.165) is 32.7 Å². The summed E-state index contributed by atoms with van der Waals surface area (Å²) < 4.78 is 11.4. The van der Waals surface area contributed by atoms with E-state index in [1.807, 2.05) is 20.8 Å². The number of ether oxygens (including phenoxy) is 2. The van der Waals surface area contributed by atoms with E-state index in [2.05, 4.69) is 36.1 Å². The van der Waals surface area contributed by atoms with Gasteiger partial charge in [0.25, 0.3) is 0 Å². The number of morpholine rings is 1. The van der Waals surface area contributed by atoms with Crippen LogP contribution in [0.3, 0.4) is 0 Å². The lowest BCUT2D eigenvalue weighted by atomic mass is 10.0. The van der Waals surface area contributed by atoms with Crippen LogP contribution in [-0.2, 0) is 20.7 Å². The summed E-state index contributed by atoms with van der Waals surface area (Å²) in [6.45, 7) is 11.5. The van der Waals surface area contributed by atoms with Gasteiger partial charge in [0.1, 0.15) is 5.60 Å². The van der Waals surface area contributed by atoms with Crippen molar-refractivity contribution in [3.8, 4) is 0 Å². The minimum atomic E-state index is -0.400. The maximum Gasteiger partial charge on any atom is 0.306 e. The molecule has 30 heavy (non-hydrogen) atoms. The molecule has 4 nitrogen and oxygen atoms in total. The Balaban J connectivity index is 1.69. The van der Waals surface area contributed by atoms with Gasteiger partial charge in [0.05, 0.1) is 12.7 Å². The Morgan fingerprint density at radius 1 is 1.07 bits per heavy atom. The molecule has 0 aliphatic carbocycles. The lowest BCUT2D eigenvalue weighted by Gasteiger charge is -2.33. The Bertz CT molecular complexity index is 606. The minimum absolute atomic E-state index is 0.103. The number of rotatable bonds is 12. The molecule has 0 bridgehead atoms. The number of hydrogen-bond acceptors (Lipinski definition) is 4. The van der Waals surface area contributed by atoms with E-state index in [1.165, 1.54) is 56.1 Å². The zero-order chi connectivity index (χ0) is 21.8. The van der Waals surface area contributed by atoms with E-state index < -0.39 is 5.60 Å². The fraction of sp³-hybridized carbons (Fsp3) is 0.731. The molecule has 0 saturated carbocycles. The fourth-order valence-corrected chi connectivity index (χ4v) is 3.96. The van der Waals surface area contributed by atoms with Crippen molar-refractivity contribution < 1.29 is 14.3 Å². The van der Waals surface area contributed by atoms with Gasteiger partial charge < -0.3 is 9.47 Å². The van der Waals surface area contributed by atoms with Gasteiger partial charge in [-0.15, -0.1) is 0 Å². The molecule has 0 radical (unpaired) electrons. The van der Waals surface area contributed by atoms with Crippen LogP contribution in [0, 0.1) is 0 Å². The van der Waals surface area contributed by atoms with Crippen LogP contribution in [0.2, 0.25) is 0 Å². The van der Waals surface area contributed by atoms with Gasteiger partial charge in [-0.25, -0.2) is 0 Å². The summed E-state index contributed by atoms with van der Waals surface area (Å²) in [7, 11) is 0. The van der Waals surface area contributed by atoms with Crippen molar-refractivity contribution in [2.75, 3.05) is 26.2 Å². The van der Waals surface area contributed by atoms with Crippen molar-refractivity contribution in [2.24, 2.45) is 0 Å². The summed E-state index contributed by atoms with van der Waals surface area (Å²) in [6.07, 6.45) is 10.7. The molecule has 1 fully saturated rings. The van der Waals surface area contributed by atoms with Gasteiger partial charge in [0.15, 0.2) is 0 Å². The molecule has 1 aliphatic rings. The highest BCUT2D eigenvalue weighted by Crippen LogP contribution is 2.23. The molecule has 0 aromatic heterocycles. The van der Waals surface area contributed by atoms with E-state index in [4.69, 9.17) is 9.47 Å². The first-order valence-corrected chi connectivity index (χ1v) is 12.0. The second kappa shape index (κ2) is 13.1. The molecule has 2 rings (SSSR count). The lowest BCUT2D eigenvalue weighted by molar-refractivity contribution is -0.155. The maximum atomic E-state index is 11.9. The number of aryl methyl sites for hydroxylation is 1. The van der Waals surface area contributed by atoms with Crippen LogP contribution >= 0.6 is 0 Å². The third-order valence-corrected chi connectivity index (χ3v) is 5.60. The Morgan fingerprint density at radius 2 is 1.77 bits per heavy atom. The van der Waals surface area contributed by atoms with Crippen LogP contribution in [0.1, 0.15) is 96.3 Å². The average Bonchev–Trinajstić information content (AvgIpc) is 2.70. The normalized spacial score (nSPS) is 17.8. The number of carbonyl (C=O) groups is 1. The Morgan fingerprint density at radius 3 is 2.47 bits per heavy atom. The predicted molar refractivity (Wildman–Crippen MR) is 124 cm³/mol. The molecule has 1 saturated heterocycles. The van der Waals surface area contributed by atoms with E-state index >= 15 is 0 Å². The third-order valence-electron chi connectivity index (χ3n) is 5.60. The Kier molecular flexibility index (Phi) is 10.9. The van der Waals surface area contributed by atoms with Crippen LogP contribution in [0.25, 0.3) is 0 Å². The van der Waals surface area contributed by atoms with E-state index in [9.17, 15) is 4.79 Å². The zero-order valence-corrected chi connectivity index (χ0v) is 19.8.